The molecular weight excluding hydrogens is 393 g/mol. The highest BCUT2D eigenvalue weighted by Gasteiger charge is 2.30. The predicted octanol–water partition coefficient (Wildman–Crippen LogP) is 5.75. The van der Waals surface area contributed by atoms with E-state index in [0.29, 0.717) is 16.9 Å². The zero-order valence-corrected chi connectivity index (χ0v) is 15.6. The molecule has 0 saturated carbocycles. The van der Waals surface area contributed by atoms with Crippen LogP contribution >= 0.6 is 0 Å². The minimum Gasteiger partial charge on any atom is -0.307 e. The molecule has 0 bridgehead atoms. The highest BCUT2D eigenvalue weighted by Crippen LogP contribution is 2.29. The van der Waals surface area contributed by atoms with Crippen LogP contribution in [0.3, 0.4) is 0 Å². The molecule has 4 aromatic rings. The molecular formula is C22H17F3N4O. The Morgan fingerprint density at radius 1 is 0.967 bits per heavy atom. The molecule has 1 aromatic heterocycles. The Morgan fingerprint density at radius 3 is 2.57 bits per heavy atom. The number of fused-ring (bicyclic) bond motifs is 1. The van der Waals surface area contributed by atoms with E-state index in [2.05, 4.69) is 15.7 Å². The van der Waals surface area contributed by atoms with Crippen molar-refractivity contribution in [2.24, 2.45) is 0 Å². The number of anilines is 2. The van der Waals surface area contributed by atoms with E-state index in [1.54, 1.807) is 18.3 Å². The molecule has 5 nitrogen and oxygen atoms in total. The summed E-state index contributed by atoms with van der Waals surface area (Å²) in [5.41, 5.74) is 0.848. The molecule has 8 heteroatoms. The Balaban J connectivity index is 1.43. The fourth-order valence-electron chi connectivity index (χ4n) is 3.17. The lowest BCUT2D eigenvalue weighted by molar-refractivity contribution is -0.137. The maximum Gasteiger partial charge on any atom is 0.416 e. The van der Waals surface area contributed by atoms with Gasteiger partial charge in [-0.3, -0.25) is 4.68 Å². The van der Waals surface area contributed by atoms with Gasteiger partial charge in [0.15, 0.2) is 0 Å². The first kappa shape index (κ1) is 19.5. The van der Waals surface area contributed by atoms with Crippen LogP contribution < -0.4 is 10.6 Å². The second-order valence-electron chi connectivity index (χ2n) is 6.73. The molecule has 0 atom stereocenters. The summed E-state index contributed by atoms with van der Waals surface area (Å²) in [6.45, 7) is 0.149. The van der Waals surface area contributed by atoms with Crippen molar-refractivity contribution in [3.63, 3.8) is 0 Å². The highest BCUT2D eigenvalue weighted by molar-refractivity contribution is 6.06. The first-order valence-corrected chi connectivity index (χ1v) is 9.13. The SMILES string of the molecule is O=C(Nc1cnn(Cc2cccc(C(F)(F)F)c2)c1)Nc1cccc2ccccc12. The molecule has 30 heavy (non-hydrogen) atoms. The third-order valence-electron chi connectivity index (χ3n) is 4.53. The maximum atomic E-state index is 12.9. The van der Waals surface area contributed by atoms with Gasteiger partial charge in [0.25, 0.3) is 0 Å². The number of hydrogen-bond acceptors (Lipinski definition) is 2. The second kappa shape index (κ2) is 7.90. The number of rotatable bonds is 4. The maximum absolute atomic E-state index is 12.9. The first-order valence-electron chi connectivity index (χ1n) is 9.13. The normalized spacial score (nSPS) is 11.4. The van der Waals surface area contributed by atoms with E-state index in [0.717, 1.165) is 22.9 Å². The first-order chi connectivity index (χ1) is 14.4. The van der Waals surface area contributed by atoms with Gasteiger partial charge in [-0.05, 0) is 29.1 Å². The van der Waals surface area contributed by atoms with E-state index in [1.807, 2.05) is 36.4 Å². The number of hydrogen-bond donors (Lipinski definition) is 2. The quantitative estimate of drug-likeness (QED) is 0.450. The van der Waals surface area contributed by atoms with Gasteiger partial charge in [-0.15, -0.1) is 0 Å². The van der Waals surface area contributed by atoms with Crippen LogP contribution in [0, 0.1) is 0 Å². The van der Waals surface area contributed by atoms with Gasteiger partial charge in [0.1, 0.15) is 0 Å². The number of carbonyl (C=O) groups is 1. The van der Waals surface area contributed by atoms with Gasteiger partial charge in [-0.2, -0.15) is 18.3 Å². The summed E-state index contributed by atoms with van der Waals surface area (Å²) in [4.78, 5) is 12.4. The van der Waals surface area contributed by atoms with Crippen LogP contribution in [0.2, 0.25) is 0 Å². The van der Waals surface area contributed by atoms with Gasteiger partial charge < -0.3 is 10.6 Å². The van der Waals surface area contributed by atoms with Crippen molar-refractivity contribution in [2.75, 3.05) is 10.6 Å². The summed E-state index contributed by atoms with van der Waals surface area (Å²) in [7, 11) is 0. The lowest BCUT2D eigenvalue weighted by Gasteiger charge is -2.09. The van der Waals surface area contributed by atoms with Crippen molar-refractivity contribution >= 4 is 28.2 Å². The van der Waals surface area contributed by atoms with Gasteiger partial charge in [0.2, 0.25) is 0 Å². The van der Waals surface area contributed by atoms with E-state index >= 15 is 0 Å². The van der Waals surface area contributed by atoms with Crippen molar-refractivity contribution in [2.45, 2.75) is 12.7 Å². The largest absolute Gasteiger partial charge is 0.416 e. The molecule has 0 aliphatic heterocycles. The molecule has 0 saturated heterocycles. The number of alkyl halides is 3. The Morgan fingerprint density at radius 2 is 1.73 bits per heavy atom. The van der Waals surface area contributed by atoms with Crippen molar-refractivity contribution in [1.82, 2.24) is 9.78 Å². The van der Waals surface area contributed by atoms with Crippen molar-refractivity contribution < 1.29 is 18.0 Å². The number of halogens is 3. The van der Waals surface area contributed by atoms with Crippen LogP contribution in [-0.4, -0.2) is 15.8 Å². The second-order valence-corrected chi connectivity index (χ2v) is 6.73. The zero-order valence-electron chi connectivity index (χ0n) is 15.6. The van der Waals surface area contributed by atoms with Gasteiger partial charge in [-0.1, -0.05) is 48.5 Å². The van der Waals surface area contributed by atoms with Crippen molar-refractivity contribution in [3.8, 4) is 0 Å². The summed E-state index contributed by atoms with van der Waals surface area (Å²) < 4.78 is 40.0. The van der Waals surface area contributed by atoms with Crippen LogP contribution in [0.4, 0.5) is 29.3 Å². The molecule has 0 aliphatic rings. The number of amides is 2. The standard InChI is InChI=1S/C22H17F3N4O/c23-22(24,25)17-8-3-5-15(11-17)13-29-14-18(12-26-29)27-21(30)28-20-10-4-7-16-6-1-2-9-19(16)20/h1-12,14H,13H2,(H2,27,28,30). The molecule has 4 rings (SSSR count). The number of aromatic nitrogens is 2. The number of urea groups is 1. The minimum absolute atomic E-state index is 0.149. The zero-order chi connectivity index (χ0) is 21.1. The number of nitrogens with one attached hydrogen (secondary N) is 2. The average molecular weight is 410 g/mol. The fourth-order valence-corrected chi connectivity index (χ4v) is 3.17. The highest BCUT2D eigenvalue weighted by atomic mass is 19.4. The fraction of sp³-hybridized carbons (Fsp3) is 0.0909. The average Bonchev–Trinajstić information content (AvgIpc) is 3.14. The monoisotopic (exact) mass is 410 g/mol. The number of carbonyl (C=O) groups excluding carboxylic acids is 1. The van der Waals surface area contributed by atoms with Crippen LogP contribution in [-0.2, 0) is 12.7 Å². The smallest absolute Gasteiger partial charge is 0.307 e. The Bertz CT molecular complexity index is 1190. The number of nitrogens with zero attached hydrogens (tertiary/aromatic N) is 2. The molecule has 0 fully saturated rings. The van der Waals surface area contributed by atoms with E-state index in [1.165, 1.54) is 16.9 Å². The summed E-state index contributed by atoms with van der Waals surface area (Å²) in [6.07, 6.45) is -1.40. The van der Waals surface area contributed by atoms with E-state index < -0.39 is 17.8 Å². The minimum atomic E-state index is -4.40. The lowest BCUT2D eigenvalue weighted by Crippen LogP contribution is -2.19. The molecule has 152 valence electrons. The summed E-state index contributed by atoms with van der Waals surface area (Å²) in [5.74, 6) is 0. The molecule has 0 aliphatic carbocycles. The van der Waals surface area contributed by atoms with Crippen LogP contribution in [0.1, 0.15) is 11.1 Å². The molecule has 0 unspecified atom stereocenters. The van der Waals surface area contributed by atoms with Crippen LogP contribution in [0.5, 0.6) is 0 Å². The summed E-state index contributed by atoms with van der Waals surface area (Å²) in [6, 6.07) is 17.9. The van der Waals surface area contributed by atoms with Gasteiger partial charge in [-0.25, -0.2) is 4.79 Å². The van der Waals surface area contributed by atoms with E-state index in [4.69, 9.17) is 0 Å². The third kappa shape index (κ3) is 4.43. The Hall–Kier alpha value is -3.81. The van der Waals surface area contributed by atoms with Crippen molar-refractivity contribution in [3.05, 3.63) is 90.3 Å². The van der Waals surface area contributed by atoms with Crippen LogP contribution in [0.25, 0.3) is 10.8 Å². The Kier molecular flexibility index (Phi) is 5.14. The Labute approximate surface area is 170 Å². The van der Waals surface area contributed by atoms with E-state index in [9.17, 15) is 18.0 Å². The van der Waals surface area contributed by atoms with Gasteiger partial charge in [0, 0.05) is 11.6 Å². The summed E-state index contributed by atoms with van der Waals surface area (Å²) in [5, 5.41) is 11.5. The van der Waals surface area contributed by atoms with Gasteiger partial charge in [0.05, 0.1) is 29.7 Å². The molecule has 3 aromatic carbocycles. The van der Waals surface area contributed by atoms with Gasteiger partial charge >= 0.3 is 12.2 Å². The third-order valence-corrected chi connectivity index (χ3v) is 4.53. The molecule has 0 spiro atoms. The lowest BCUT2D eigenvalue weighted by atomic mass is 10.1. The number of benzene rings is 3. The van der Waals surface area contributed by atoms with E-state index in [-0.39, 0.29) is 6.54 Å². The molecule has 1 heterocycles. The van der Waals surface area contributed by atoms with Crippen LogP contribution in [0.15, 0.2) is 79.1 Å². The molecule has 2 amide bonds. The molecule has 0 radical (unpaired) electrons. The summed E-state index contributed by atoms with van der Waals surface area (Å²) >= 11 is 0. The topological polar surface area (TPSA) is 59.0 Å². The van der Waals surface area contributed by atoms with Crippen molar-refractivity contribution in [1.29, 1.82) is 0 Å². The predicted molar refractivity (Wildman–Crippen MR) is 109 cm³/mol. The molecule has 2 N–H and O–H groups in total.